The Hall–Kier alpha value is -3.13. The minimum Gasteiger partial charge on any atom is -0.403 e. The predicted molar refractivity (Wildman–Crippen MR) is 134 cm³/mol. The van der Waals surface area contributed by atoms with Crippen molar-refractivity contribution in [2.45, 2.75) is 36.5 Å². The van der Waals surface area contributed by atoms with E-state index in [1.54, 1.807) is 0 Å². The van der Waals surface area contributed by atoms with Gasteiger partial charge in [-0.15, -0.1) is 5.10 Å². The molecular formula is C23H29N5O6S2. The summed E-state index contributed by atoms with van der Waals surface area (Å²) in [7, 11) is -4.34. The molecule has 0 bridgehead atoms. The van der Waals surface area contributed by atoms with Gasteiger partial charge in [-0.1, -0.05) is 18.9 Å². The summed E-state index contributed by atoms with van der Waals surface area (Å²) in [5.41, 5.74) is 0.684. The van der Waals surface area contributed by atoms with E-state index in [-0.39, 0.29) is 27.3 Å². The molecule has 2 aromatic carbocycles. The Morgan fingerprint density at radius 2 is 1.36 bits per heavy atom. The molecule has 194 valence electrons. The van der Waals surface area contributed by atoms with E-state index in [1.807, 2.05) is 13.8 Å². The molecule has 1 heterocycles. The standard InChI is InChI=1S/C23H29N5O6S2/c1-5-15-28(16-6-2)36(32,33)20-11-7-17(8-12-20)21(29)24-23-26-25-22(34-23)18-9-13-19(14-10-18)35(30,31)27(3)4/h7-14H,5-6,15-16H2,1-4H3,(H,24,26,29). The van der Waals surface area contributed by atoms with Crippen LogP contribution in [0.2, 0.25) is 0 Å². The van der Waals surface area contributed by atoms with Gasteiger partial charge in [-0.25, -0.2) is 21.1 Å². The normalized spacial score (nSPS) is 12.3. The lowest BCUT2D eigenvalue weighted by molar-refractivity contribution is 0.102. The molecule has 0 saturated carbocycles. The molecule has 0 atom stereocenters. The first-order valence-corrected chi connectivity index (χ1v) is 14.2. The average Bonchev–Trinajstić information content (AvgIpc) is 3.32. The summed E-state index contributed by atoms with van der Waals surface area (Å²) < 4.78 is 58.2. The molecule has 3 aromatic rings. The lowest BCUT2D eigenvalue weighted by Crippen LogP contribution is -2.32. The van der Waals surface area contributed by atoms with E-state index >= 15 is 0 Å². The second kappa shape index (κ2) is 11.3. The van der Waals surface area contributed by atoms with Gasteiger partial charge in [-0.3, -0.25) is 10.1 Å². The number of hydrogen-bond donors (Lipinski definition) is 1. The van der Waals surface area contributed by atoms with E-state index in [1.165, 1.54) is 66.9 Å². The van der Waals surface area contributed by atoms with Crippen molar-refractivity contribution in [3.05, 3.63) is 54.1 Å². The van der Waals surface area contributed by atoms with Crippen LogP contribution in [-0.2, 0) is 20.0 Å². The van der Waals surface area contributed by atoms with Crippen LogP contribution in [0.25, 0.3) is 11.5 Å². The number of anilines is 1. The summed E-state index contributed by atoms with van der Waals surface area (Å²) in [5.74, 6) is -0.465. The summed E-state index contributed by atoms with van der Waals surface area (Å²) in [6, 6.07) is 11.4. The smallest absolute Gasteiger partial charge is 0.322 e. The first-order chi connectivity index (χ1) is 17.0. The van der Waals surface area contributed by atoms with Gasteiger partial charge in [0.05, 0.1) is 9.79 Å². The van der Waals surface area contributed by atoms with Gasteiger partial charge >= 0.3 is 6.01 Å². The van der Waals surface area contributed by atoms with Crippen molar-refractivity contribution in [3.8, 4) is 11.5 Å². The summed E-state index contributed by atoms with van der Waals surface area (Å²) in [4.78, 5) is 12.8. The molecule has 0 aliphatic carbocycles. The van der Waals surface area contributed by atoms with E-state index in [9.17, 15) is 21.6 Å². The minimum atomic E-state index is -3.65. The number of sulfonamides is 2. The highest BCUT2D eigenvalue weighted by Gasteiger charge is 2.23. The van der Waals surface area contributed by atoms with Gasteiger partial charge in [0.2, 0.25) is 25.9 Å². The van der Waals surface area contributed by atoms with E-state index < -0.39 is 26.0 Å². The highest BCUT2D eigenvalue weighted by molar-refractivity contribution is 7.89. The predicted octanol–water partition coefficient (Wildman–Crippen LogP) is 3.05. The van der Waals surface area contributed by atoms with Crippen LogP contribution < -0.4 is 5.32 Å². The highest BCUT2D eigenvalue weighted by Crippen LogP contribution is 2.23. The van der Waals surface area contributed by atoms with Gasteiger partial charge in [0, 0.05) is 38.3 Å². The van der Waals surface area contributed by atoms with Gasteiger partial charge < -0.3 is 4.42 Å². The molecule has 0 radical (unpaired) electrons. The van der Waals surface area contributed by atoms with Crippen molar-refractivity contribution in [2.75, 3.05) is 32.5 Å². The van der Waals surface area contributed by atoms with Gasteiger partial charge in [0.25, 0.3) is 5.91 Å². The number of hydrogen-bond acceptors (Lipinski definition) is 8. The van der Waals surface area contributed by atoms with Crippen molar-refractivity contribution in [2.24, 2.45) is 0 Å². The third-order valence-corrected chi connectivity index (χ3v) is 8.97. The zero-order valence-corrected chi connectivity index (χ0v) is 22.1. The molecule has 0 aliphatic rings. The molecule has 0 saturated heterocycles. The van der Waals surface area contributed by atoms with Crippen LogP contribution in [0.1, 0.15) is 37.0 Å². The SMILES string of the molecule is CCCN(CCC)S(=O)(=O)c1ccc(C(=O)Nc2nnc(-c3ccc(S(=O)(=O)N(C)C)cc3)o2)cc1. The van der Waals surface area contributed by atoms with Crippen LogP contribution >= 0.6 is 0 Å². The maximum Gasteiger partial charge on any atom is 0.322 e. The third-order valence-electron chi connectivity index (χ3n) is 5.23. The summed E-state index contributed by atoms with van der Waals surface area (Å²) in [5, 5.41) is 10.2. The number of rotatable bonds is 11. The lowest BCUT2D eigenvalue weighted by atomic mass is 10.2. The maximum absolute atomic E-state index is 12.9. The quantitative estimate of drug-likeness (QED) is 0.395. The van der Waals surface area contributed by atoms with Crippen molar-refractivity contribution >= 4 is 32.0 Å². The topological polar surface area (TPSA) is 143 Å². The molecule has 36 heavy (non-hydrogen) atoms. The molecule has 1 N–H and O–H groups in total. The first-order valence-electron chi connectivity index (χ1n) is 11.3. The molecule has 1 amide bonds. The van der Waals surface area contributed by atoms with Crippen LogP contribution in [0, 0.1) is 0 Å². The number of carbonyl (C=O) groups is 1. The fourth-order valence-corrected chi connectivity index (χ4v) is 5.84. The number of carbonyl (C=O) groups excluding carboxylic acids is 1. The van der Waals surface area contributed by atoms with E-state index in [0.717, 1.165) is 4.31 Å². The third kappa shape index (κ3) is 5.98. The fraction of sp³-hybridized carbons (Fsp3) is 0.348. The Morgan fingerprint density at radius 1 is 0.833 bits per heavy atom. The Bertz CT molecular complexity index is 1390. The van der Waals surface area contributed by atoms with Gasteiger partial charge in [-0.05, 0) is 61.4 Å². The van der Waals surface area contributed by atoms with Crippen LogP contribution in [0.5, 0.6) is 0 Å². The first kappa shape index (κ1) is 27.5. The number of nitrogens with one attached hydrogen (secondary N) is 1. The van der Waals surface area contributed by atoms with Gasteiger partial charge in [-0.2, -0.15) is 4.31 Å². The molecule has 3 rings (SSSR count). The average molecular weight is 536 g/mol. The highest BCUT2D eigenvalue weighted by atomic mass is 32.2. The molecule has 0 spiro atoms. The molecule has 0 fully saturated rings. The summed E-state index contributed by atoms with van der Waals surface area (Å²) in [6.45, 7) is 4.68. The monoisotopic (exact) mass is 535 g/mol. The Morgan fingerprint density at radius 3 is 1.89 bits per heavy atom. The summed E-state index contributed by atoms with van der Waals surface area (Å²) in [6.07, 6.45) is 1.40. The van der Waals surface area contributed by atoms with Crippen molar-refractivity contribution < 1.29 is 26.0 Å². The molecule has 0 aliphatic heterocycles. The maximum atomic E-state index is 12.9. The van der Waals surface area contributed by atoms with Crippen molar-refractivity contribution in [1.82, 2.24) is 18.8 Å². The Kier molecular flexibility index (Phi) is 8.61. The molecule has 0 unspecified atom stereocenters. The Labute approximate surface area is 211 Å². The zero-order chi connectivity index (χ0) is 26.5. The second-order valence-electron chi connectivity index (χ2n) is 8.11. The zero-order valence-electron chi connectivity index (χ0n) is 20.5. The molecule has 13 heteroatoms. The van der Waals surface area contributed by atoms with Crippen molar-refractivity contribution in [1.29, 1.82) is 0 Å². The van der Waals surface area contributed by atoms with Gasteiger partial charge in [0.1, 0.15) is 0 Å². The number of aromatic nitrogens is 2. The van der Waals surface area contributed by atoms with E-state index in [0.29, 0.717) is 31.5 Å². The largest absolute Gasteiger partial charge is 0.403 e. The Balaban J connectivity index is 1.71. The molecular weight excluding hydrogens is 506 g/mol. The van der Waals surface area contributed by atoms with Crippen LogP contribution in [0.4, 0.5) is 6.01 Å². The van der Waals surface area contributed by atoms with E-state index in [2.05, 4.69) is 15.5 Å². The van der Waals surface area contributed by atoms with Crippen LogP contribution in [-0.4, -0.2) is 68.7 Å². The van der Waals surface area contributed by atoms with Gasteiger partial charge in [0.15, 0.2) is 0 Å². The fourth-order valence-electron chi connectivity index (χ4n) is 3.32. The van der Waals surface area contributed by atoms with E-state index in [4.69, 9.17) is 4.42 Å². The number of nitrogens with zero attached hydrogens (tertiary/aromatic N) is 4. The summed E-state index contributed by atoms with van der Waals surface area (Å²) >= 11 is 0. The number of benzene rings is 2. The lowest BCUT2D eigenvalue weighted by Gasteiger charge is -2.21. The van der Waals surface area contributed by atoms with Crippen LogP contribution in [0.15, 0.2) is 62.7 Å². The minimum absolute atomic E-state index is 0.0903. The van der Waals surface area contributed by atoms with Crippen LogP contribution in [0.3, 0.4) is 0 Å². The number of amides is 1. The molecule has 11 nitrogen and oxygen atoms in total. The van der Waals surface area contributed by atoms with Crippen molar-refractivity contribution in [3.63, 3.8) is 0 Å². The molecule has 1 aromatic heterocycles. The second-order valence-corrected chi connectivity index (χ2v) is 12.2.